The normalized spacial score (nSPS) is 11.6. The van der Waals surface area contributed by atoms with Gasteiger partial charge in [-0.1, -0.05) is 0 Å². The summed E-state index contributed by atoms with van der Waals surface area (Å²) in [6.07, 6.45) is 0. The summed E-state index contributed by atoms with van der Waals surface area (Å²) in [4.78, 5) is 13.2. The van der Waals surface area contributed by atoms with Crippen LogP contribution < -0.4 is 4.83 Å². The molecule has 0 unspecified atom stereocenters. The molecule has 2 N–H and O–H groups in total. The molecule has 0 aromatic carbocycles. The van der Waals surface area contributed by atoms with Gasteiger partial charge in [0.15, 0.2) is 0 Å². The van der Waals surface area contributed by atoms with Crippen LogP contribution in [0.4, 0.5) is 0 Å². The van der Waals surface area contributed by atoms with Gasteiger partial charge in [-0.05, 0) is 48.0 Å². The number of hydrogen-bond donors (Lipinski definition) is 2. The van der Waals surface area contributed by atoms with Crippen LogP contribution in [-0.4, -0.2) is 24.2 Å². The molecule has 0 fully saturated rings. The molecule has 0 spiro atoms. The predicted molar refractivity (Wildman–Crippen MR) is 79.4 cm³/mol. The molecule has 0 amide bonds. The predicted octanol–water partition coefficient (Wildman–Crippen LogP) is 2.56. The molecule has 0 saturated carbocycles. The number of carboxylic acid groups (broad SMARTS) is 1. The number of carbonyl (C=O) groups is 1. The van der Waals surface area contributed by atoms with Crippen LogP contribution in [0.15, 0.2) is 26.9 Å². The van der Waals surface area contributed by atoms with E-state index in [0.717, 1.165) is 28.8 Å². The standard InChI is InChI=1S/C11H11BrN2O4S2/c1-6-3-4-7(2)14(6)13-20(17,18)9-5-8(11(15)16)19-10(9)12/h3-5,13H,1-2H3,(H,15,16). The van der Waals surface area contributed by atoms with Gasteiger partial charge in [-0.3, -0.25) is 4.68 Å². The van der Waals surface area contributed by atoms with Crippen LogP contribution in [0, 0.1) is 13.8 Å². The Balaban J connectivity index is 2.43. The van der Waals surface area contributed by atoms with Gasteiger partial charge in [0.05, 0.1) is 3.79 Å². The van der Waals surface area contributed by atoms with Gasteiger partial charge in [0, 0.05) is 11.4 Å². The van der Waals surface area contributed by atoms with Gasteiger partial charge in [-0.15, -0.1) is 11.3 Å². The Morgan fingerprint density at radius 3 is 2.35 bits per heavy atom. The topological polar surface area (TPSA) is 88.4 Å². The lowest BCUT2D eigenvalue weighted by molar-refractivity contribution is 0.0702. The van der Waals surface area contributed by atoms with Crippen LogP contribution in [0.1, 0.15) is 21.1 Å². The summed E-state index contributed by atoms with van der Waals surface area (Å²) < 4.78 is 26.3. The van der Waals surface area contributed by atoms with E-state index in [2.05, 4.69) is 20.8 Å². The monoisotopic (exact) mass is 378 g/mol. The van der Waals surface area contributed by atoms with E-state index in [0.29, 0.717) is 0 Å². The fourth-order valence-corrected chi connectivity index (χ4v) is 5.16. The first-order valence-electron chi connectivity index (χ1n) is 5.43. The highest BCUT2D eigenvalue weighted by Gasteiger charge is 2.24. The summed E-state index contributed by atoms with van der Waals surface area (Å²) in [5.74, 6) is -1.16. The number of hydrogen-bond acceptors (Lipinski definition) is 4. The average Bonchev–Trinajstić information content (AvgIpc) is 2.87. The molecule has 2 aromatic rings. The molecule has 2 rings (SSSR count). The number of aromatic carboxylic acids is 1. The van der Waals surface area contributed by atoms with Crippen molar-refractivity contribution in [2.45, 2.75) is 18.7 Å². The van der Waals surface area contributed by atoms with Crippen molar-refractivity contribution in [3.05, 3.63) is 38.3 Å². The Morgan fingerprint density at radius 2 is 1.90 bits per heavy atom. The van der Waals surface area contributed by atoms with E-state index in [1.807, 2.05) is 0 Å². The Hall–Kier alpha value is -1.32. The fourth-order valence-electron chi connectivity index (χ4n) is 1.62. The summed E-state index contributed by atoms with van der Waals surface area (Å²) in [7, 11) is -3.86. The van der Waals surface area contributed by atoms with E-state index in [1.54, 1.807) is 26.0 Å². The lowest BCUT2D eigenvalue weighted by Gasteiger charge is -2.12. The lowest BCUT2D eigenvalue weighted by Crippen LogP contribution is -2.24. The molecule has 2 heterocycles. The number of thiophene rings is 1. The Bertz CT molecular complexity index is 757. The van der Waals surface area contributed by atoms with Crippen LogP contribution in [0.3, 0.4) is 0 Å². The first-order valence-corrected chi connectivity index (χ1v) is 8.52. The number of rotatable bonds is 4. The molecule has 2 aromatic heterocycles. The minimum absolute atomic E-state index is 0.0433. The van der Waals surface area contributed by atoms with Crippen LogP contribution in [0.25, 0.3) is 0 Å². The highest BCUT2D eigenvalue weighted by atomic mass is 79.9. The number of aromatic nitrogens is 1. The molecule has 20 heavy (non-hydrogen) atoms. The minimum atomic E-state index is -3.86. The van der Waals surface area contributed by atoms with E-state index in [9.17, 15) is 13.2 Å². The molecule has 9 heteroatoms. The first-order chi connectivity index (χ1) is 9.22. The maximum atomic E-state index is 12.3. The molecule has 0 saturated heterocycles. The molecule has 0 aliphatic carbocycles. The highest BCUT2D eigenvalue weighted by Crippen LogP contribution is 2.32. The van der Waals surface area contributed by atoms with Crippen molar-refractivity contribution < 1.29 is 18.3 Å². The summed E-state index contributed by atoms with van der Waals surface area (Å²) in [6, 6.07) is 4.69. The van der Waals surface area contributed by atoms with Crippen molar-refractivity contribution in [2.75, 3.05) is 4.83 Å². The van der Waals surface area contributed by atoms with E-state index in [1.165, 1.54) is 4.68 Å². The molecule has 0 bridgehead atoms. The van der Waals surface area contributed by atoms with E-state index in [-0.39, 0.29) is 13.6 Å². The molecular formula is C11H11BrN2O4S2. The molecule has 0 aliphatic heterocycles. The third kappa shape index (κ3) is 2.74. The van der Waals surface area contributed by atoms with Gasteiger partial charge in [0.25, 0.3) is 10.0 Å². The molecule has 0 aliphatic rings. The van der Waals surface area contributed by atoms with E-state index < -0.39 is 16.0 Å². The van der Waals surface area contributed by atoms with Crippen molar-refractivity contribution in [1.82, 2.24) is 4.68 Å². The Labute approximate surface area is 128 Å². The van der Waals surface area contributed by atoms with Crippen molar-refractivity contribution in [2.24, 2.45) is 0 Å². The second kappa shape index (κ2) is 5.23. The number of halogens is 1. The Kier molecular flexibility index (Phi) is 3.94. The van der Waals surface area contributed by atoms with Crippen molar-refractivity contribution in [3.63, 3.8) is 0 Å². The van der Waals surface area contributed by atoms with E-state index >= 15 is 0 Å². The maximum Gasteiger partial charge on any atom is 0.345 e. The van der Waals surface area contributed by atoms with Crippen LogP contribution in [0.2, 0.25) is 0 Å². The Morgan fingerprint density at radius 1 is 1.35 bits per heavy atom. The first kappa shape index (κ1) is 15.1. The van der Waals surface area contributed by atoms with Gasteiger partial charge in [-0.25, -0.2) is 9.63 Å². The summed E-state index contributed by atoms with van der Waals surface area (Å²) in [6.45, 7) is 3.53. The highest BCUT2D eigenvalue weighted by molar-refractivity contribution is 9.11. The molecular weight excluding hydrogens is 368 g/mol. The van der Waals surface area contributed by atoms with Crippen molar-refractivity contribution >= 4 is 43.3 Å². The largest absolute Gasteiger partial charge is 0.477 e. The second-order valence-corrected chi connectivity index (χ2v) is 8.10. The molecule has 0 radical (unpaired) electrons. The second-order valence-electron chi connectivity index (χ2n) is 4.10. The summed E-state index contributed by atoms with van der Waals surface area (Å²) in [5.41, 5.74) is 1.46. The SMILES string of the molecule is Cc1ccc(C)n1NS(=O)(=O)c1cc(C(=O)O)sc1Br. The smallest absolute Gasteiger partial charge is 0.345 e. The average molecular weight is 379 g/mol. The molecule has 6 nitrogen and oxygen atoms in total. The lowest BCUT2D eigenvalue weighted by atomic mass is 10.5. The molecule has 108 valence electrons. The zero-order chi connectivity index (χ0) is 15.1. The fraction of sp³-hybridized carbons (Fsp3) is 0.182. The summed E-state index contributed by atoms with van der Waals surface area (Å²) >= 11 is 3.95. The third-order valence-electron chi connectivity index (χ3n) is 2.64. The zero-order valence-electron chi connectivity index (χ0n) is 10.5. The van der Waals surface area contributed by atoms with Crippen molar-refractivity contribution in [1.29, 1.82) is 0 Å². The maximum absolute atomic E-state index is 12.3. The number of sulfonamides is 1. The number of aryl methyl sites for hydroxylation is 2. The molecule has 0 atom stereocenters. The van der Waals surface area contributed by atoms with Gasteiger partial charge in [0.2, 0.25) is 0 Å². The number of nitrogens with zero attached hydrogens (tertiary/aromatic N) is 1. The zero-order valence-corrected chi connectivity index (χ0v) is 13.8. The van der Waals surface area contributed by atoms with Gasteiger partial charge in [-0.2, -0.15) is 8.42 Å². The third-order valence-corrected chi connectivity index (χ3v) is 6.18. The van der Waals surface area contributed by atoms with Gasteiger partial charge >= 0.3 is 5.97 Å². The van der Waals surface area contributed by atoms with Gasteiger partial charge in [0.1, 0.15) is 9.77 Å². The minimum Gasteiger partial charge on any atom is -0.477 e. The van der Waals surface area contributed by atoms with Crippen LogP contribution >= 0.6 is 27.3 Å². The van der Waals surface area contributed by atoms with Crippen molar-refractivity contribution in [3.8, 4) is 0 Å². The van der Waals surface area contributed by atoms with E-state index in [4.69, 9.17) is 5.11 Å². The van der Waals surface area contributed by atoms with Crippen LogP contribution in [0.5, 0.6) is 0 Å². The number of nitrogens with one attached hydrogen (secondary N) is 1. The van der Waals surface area contributed by atoms with Crippen LogP contribution in [-0.2, 0) is 10.0 Å². The van der Waals surface area contributed by atoms with Gasteiger partial charge < -0.3 is 5.11 Å². The quantitative estimate of drug-likeness (QED) is 0.855. The summed E-state index contributed by atoms with van der Waals surface area (Å²) in [5, 5.41) is 8.90. The number of carboxylic acids is 1.